The Bertz CT molecular complexity index is 703. The second-order valence-electron chi connectivity index (χ2n) is 4.26. The zero-order valence-corrected chi connectivity index (χ0v) is 11.6. The highest BCUT2D eigenvalue weighted by molar-refractivity contribution is 7.93. The summed E-state index contributed by atoms with van der Waals surface area (Å²) in [6.45, 7) is 0. The van der Waals surface area contributed by atoms with Crippen molar-refractivity contribution in [3.05, 3.63) is 28.9 Å². The molecule has 3 rings (SSSR count). The van der Waals surface area contributed by atoms with Gasteiger partial charge in [-0.05, 0) is 25.3 Å². The molecule has 0 atom stereocenters. The van der Waals surface area contributed by atoms with Crippen molar-refractivity contribution in [3.63, 3.8) is 0 Å². The summed E-state index contributed by atoms with van der Waals surface area (Å²) in [6.07, 6.45) is 4.38. The molecular formula is C11H12N4O2S2. The third-order valence-corrected chi connectivity index (χ3v) is 5.42. The molecule has 8 heteroatoms. The van der Waals surface area contributed by atoms with Gasteiger partial charge in [0, 0.05) is 17.1 Å². The van der Waals surface area contributed by atoms with Crippen molar-refractivity contribution in [1.29, 1.82) is 0 Å². The van der Waals surface area contributed by atoms with E-state index in [-0.39, 0.29) is 10.7 Å². The van der Waals surface area contributed by atoms with E-state index in [2.05, 4.69) is 14.7 Å². The molecule has 0 unspecified atom stereocenters. The van der Waals surface area contributed by atoms with Crippen molar-refractivity contribution < 1.29 is 8.42 Å². The fourth-order valence-electron chi connectivity index (χ4n) is 2.00. The first-order chi connectivity index (χ1) is 9.04. The lowest BCUT2D eigenvalue weighted by atomic mass is 10.4. The third-order valence-electron chi connectivity index (χ3n) is 2.88. The van der Waals surface area contributed by atoms with Gasteiger partial charge in [0.25, 0.3) is 10.0 Å². The van der Waals surface area contributed by atoms with Crippen LogP contribution in [-0.4, -0.2) is 18.4 Å². The average molecular weight is 296 g/mol. The van der Waals surface area contributed by atoms with Crippen molar-refractivity contribution >= 4 is 32.3 Å². The maximum atomic E-state index is 12.2. The average Bonchev–Trinajstić information content (AvgIpc) is 2.89. The Hall–Kier alpha value is -1.67. The molecule has 100 valence electrons. The molecule has 0 spiro atoms. The lowest BCUT2D eigenvalue weighted by Gasteiger charge is -2.05. The molecular weight excluding hydrogens is 284 g/mol. The lowest BCUT2D eigenvalue weighted by molar-refractivity contribution is 0.601. The topological polar surface area (TPSA) is 98.0 Å². The fraction of sp³-hybridized carbons (Fsp3) is 0.273. The molecule has 2 aromatic rings. The summed E-state index contributed by atoms with van der Waals surface area (Å²) in [4.78, 5) is 9.34. The Morgan fingerprint density at radius 2 is 2.21 bits per heavy atom. The summed E-state index contributed by atoms with van der Waals surface area (Å²) in [5, 5.41) is 0.417. The molecule has 0 saturated carbocycles. The van der Waals surface area contributed by atoms with Crippen LogP contribution >= 0.6 is 11.3 Å². The number of hydrogen-bond donors (Lipinski definition) is 2. The predicted octanol–water partition coefficient (Wildman–Crippen LogP) is 1.41. The first-order valence-corrected chi connectivity index (χ1v) is 8.07. The Kier molecular flexibility index (Phi) is 2.90. The van der Waals surface area contributed by atoms with Crippen LogP contribution in [0.4, 0.5) is 10.9 Å². The van der Waals surface area contributed by atoms with Crippen molar-refractivity contribution in [2.45, 2.75) is 24.2 Å². The highest BCUT2D eigenvalue weighted by atomic mass is 32.2. The Balaban J connectivity index is 1.89. The standard InChI is InChI=1S/C11H12N4O2S2/c12-10-6-7(4-5-13-10)19(16,17)15-11-14-8-2-1-3-9(8)18-11/h4-6H,1-3H2,(H2,12,13)(H,14,15). The summed E-state index contributed by atoms with van der Waals surface area (Å²) in [7, 11) is -3.65. The van der Waals surface area contributed by atoms with Gasteiger partial charge in [0.05, 0.1) is 10.6 Å². The first kappa shape index (κ1) is 12.4. The fourth-order valence-corrected chi connectivity index (χ4v) is 4.31. The molecule has 0 amide bonds. The second-order valence-corrected chi connectivity index (χ2v) is 7.03. The molecule has 0 bridgehead atoms. The van der Waals surface area contributed by atoms with E-state index in [0.717, 1.165) is 25.0 Å². The van der Waals surface area contributed by atoms with Crippen LogP contribution in [0.1, 0.15) is 17.0 Å². The highest BCUT2D eigenvalue weighted by Gasteiger charge is 2.21. The minimum Gasteiger partial charge on any atom is -0.384 e. The number of rotatable bonds is 3. The van der Waals surface area contributed by atoms with Gasteiger partial charge < -0.3 is 5.73 Å². The number of anilines is 2. The van der Waals surface area contributed by atoms with Crippen LogP contribution in [-0.2, 0) is 22.9 Å². The van der Waals surface area contributed by atoms with E-state index in [1.54, 1.807) is 0 Å². The van der Waals surface area contributed by atoms with Crippen LogP contribution in [0.25, 0.3) is 0 Å². The highest BCUT2D eigenvalue weighted by Crippen LogP contribution is 2.31. The van der Waals surface area contributed by atoms with Crippen LogP contribution in [0, 0.1) is 0 Å². The number of nitrogens with one attached hydrogen (secondary N) is 1. The van der Waals surface area contributed by atoms with Crippen molar-refractivity contribution in [2.75, 3.05) is 10.5 Å². The van der Waals surface area contributed by atoms with E-state index in [1.165, 1.54) is 34.5 Å². The van der Waals surface area contributed by atoms with E-state index in [1.807, 2.05) is 0 Å². The molecule has 0 aliphatic heterocycles. The zero-order valence-electron chi connectivity index (χ0n) is 9.96. The van der Waals surface area contributed by atoms with Gasteiger partial charge >= 0.3 is 0 Å². The van der Waals surface area contributed by atoms with Gasteiger partial charge in [0.1, 0.15) is 5.82 Å². The molecule has 19 heavy (non-hydrogen) atoms. The number of nitrogens with zero attached hydrogens (tertiary/aromatic N) is 2. The molecule has 0 fully saturated rings. The minimum absolute atomic E-state index is 0.0929. The quantitative estimate of drug-likeness (QED) is 0.892. The molecule has 1 aliphatic carbocycles. The van der Waals surface area contributed by atoms with Gasteiger partial charge in [-0.25, -0.2) is 18.4 Å². The van der Waals surface area contributed by atoms with Crippen LogP contribution in [0.3, 0.4) is 0 Å². The number of sulfonamides is 1. The second kappa shape index (κ2) is 4.46. The minimum atomic E-state index is -3.65. The molecule has 3 N–H and O–H groups in total. The van der Waals surface area contributed by atoms with E-state index in [9.17, 15) is 8.42 Å². The zero-order chi connectivity index (χ0) is 13.5. The van der Waals surface area contributed by atoms with Gasteiger partial charge in [0.15, 0.2) is 5.13 Å². The Morgan fingerprint density at radius 1 is 1.37 bits per heavy atom. The van der Waals surface area contributed by atoms with Crippen molar-refractivity contribution in [3.8, 4) is 0 Å². The van der Waals surface area contributed by atoms with E-state index < -0.39 is 10.0 Å². The van der Waals surface area contributed by atoms with Gasteiger partial charge in [-0.15, -0.1) is 11.3 Å². The first-order valence-electron chi connectivity index (χ1n) is 5.77. The SMILES string of the molecule is Nc1cc(S(=O)(=O)Nc2nc3c(s2)CCC3)ccn1. The number of aromatic nitrogens is 2. The van der Waals surface area contributed by atoms with E-state index >= 15 is 0 Å². The molecule has 2 aromatic heterocycles. The van der Waals surface area contributed by atoms with Crippen LogP contribution < -0.4 is 10.5 Å². The number of hydrogen-bond acceptors (Lipinski definition) is 6. The monoisotopic (exact) mass is 296 g/mol. The molecule has 1 aliphatic rings. The summed E-state index contributed by atoms with van der Waals surface area (Å²) in [5.74, 6) is 0.171. The third kappa shape index (κ3) is 2.41. The van der Waals surface area contributed by atoms with E-state index in [4.69, 9.17) is 5.73 Å². The van der Waals surface area contributed by atoms with E-state index in [0.29, 0.717) is 5.13 Å². The molecule has 0 saturated heterocycles. The summed E-state index contributed by atoms with van der Waals surface area (Å²) >= 11 is 1.40. The van der Waals surface area contributed by atoms with Crippen molar-refractivity contribution in [1.82, 2.24) is 9.97 Å². The Labute approximate surface area is 114 Å². The summed E-state index contributed by atoms with van der Waals surface area (Å²) in [6, 6.07) is 2.73. The van der Waals surface area contributed by atoms with Crippen LogP contribution in [0.5, 0.6) is 0 Å². The Morgan fingerprint density at radius 3 is 2.95 bits per heavy atom. The van der Waals surface area contributed by atoms with Gasteiger partial charge in [-0.1, -0.05) is 0 Å². The smallest absolute Gasteiger partial charge is 0.263 e. The van der Waals surface area contributed by atoms with Gasteiger partial charge in [0.2, 0.25) is 0 Å². The number of thiazole rings is 1. The van der Waals surface area contributed by atoms with Gasteiger partial charge in [-0.3, -0.25) is 4.72 Å². The number of nitrogen functional groups attached to an aromatic ring is 1. The molecule has 6 nitrogen and oxygen atoms in total. The number of fused-ring (bicyclic) bond motifs is 1. The normalized spacial score (nSPS) is 14.3. The lowest BCUT2D eigenvalue weighted by Crippen LogP contribution is -2.13. The number of aryl methyl sites for hydroxylation is 2. The molecule has 2 heterocycles. The maximum absolute atomic E-state index is 12.2. The largest absolute Gasteiger partial charge is 0.384 e. The number of nitrogens with two attached hydrogens (primary N) is 1. The van der Waals surface area contributed by atoms with Gasteiger partial charge in [-0.2, -0.15) is 0 Å². The summed E-state index contributed by atoms with van der Waals surface area (Å²) in [5.41, 5.74) is 6.50. The molecule has 0 radical (unpaired) electrons. The molecule has 0 aromatic carbocycles. The van der Waals surface area contributed by atoms with Crippen molar-refractivity contribution in [2.24, 2.45) is 0 Å². The number of pyridine rings is 1. The maximum Gasteiger partial charge on any atom is 0.263 e. The summed E-state index contributed by atoms with van der Waals surface area (Å²) < 4.78 is 26.8. The predicted molar refractivity (Wildman–Crippen MR) is 73.6 cm³/mol. The van der Waals surface area contributed by atoms with Crippen LogP contribution in [0.15, 0.2) is 23.2 Å². The van der Waals surface area contributed by atoms with Crippen LogP contribution in [0.2, 0.25) is 0 Å².